The monoisotopic (exact) mass is 231 g/mol. The van der Waals surface area contributed by atoms with Crippen LogP contribution in [0.25, 0.3) is 0 Å². The second-order valence-electron chi connectivity index (χ2n) is 5.30. The highest BCUT2D eigenvalue weighted by molar-refractivity contribution is 6.75. The van der Waals surface area contributed by atoms with Crippen LogP contribution in [0.15, 0.2) is 0 Å². The summed E-state index contributed by atoms with van der Waals surface area (Å²) in [5, 5.41) is 0.0792. The topological polar surface area (TPSA) is 29.5 Å². The van der Waals surface area contributed by atoms with E-state index in [0.29, 0.717) is 13.1 Å². The van der Waals surface area contributed by atoms with E-state index in [1.54, 1.807) is 4.90 Å². The molecule has 0 aromatic heterocycles. The Hall–Kier alpha value is -0.513. The quantitative estimate of drug-likeness (QED) is 0.696. The molecule has 1 amide bonds. The Balaban J connectivity index is 4.53. The van der Waals surface area contributed by atoms with Gasteiger partial charge in [0, 0.05) is 13.1 Å². The minimum atomic E-state index is -1.95. The van der Waals surface area contributed by atoms with Gasteiger partial charge in [-0.15, -0.1) is 0 Å². The van der Waals surface area contributed by atoms with Crippen molar-refractivity contribution in [1.29, 1.82) is 0 Å². The number of carbonyl (C=O) groups is 1. The number of amides is 1. The average molecular weight is 231 g/mol. The van der Waals surface area contributed by atoms with E-state index < -0.39 is 8.32 Å². The number of carbonyl (C=O) groups excluding carboxylic acids is 1. The van der Waals surface area contributed by atoms with Crippen LogP contribution in [-0.4, -0.2) is 32.4 Å². The number of nitrogens with zero attached hydrogens (tertiary/aromatic N) is 1. The first-order chi connectivity index (χ1) is 6.65. The van der Waals surface area contributed by atoms with E-state index >= 15 is 0 Å². The molecule has 0 aromatic carbocycles. The van der Waals surface area contributed by atoms with E-state index in [2.05, 4.69) is 33.9 Å². The number of hydrogen-bond acceptors (Lipinski definition) is 2. The molecule has 0 fully saturated rings. The van der Waals surface area contributed by atoms with E-state index in [1.165, 1.54) is 0 Å². The zero-order valence-corrected chi connectivity index (χ0v) is 12.2. The van der Waals surface area contributed by atoms with Crippen molar-refractivity contribution in [3.8, 4) is 0 Å². The van der Waals surface area contributed by atoms with Crippen molar-refractivity contribution in [2.75, 3.05) is 13.1 Å². The molecule has 0 atom stereocenters. The highest BCUT2D eigenvalue weighted by Crippen LogP contribution is 2.36. The first-order valence-corrected chi connectivity index (χ1v) is 8.54. The average Bonchev–Trinajstić information content (AvgIpc) is 2.03. The SMILES string of the molecule is CCN(CC)C(=O)O[Si](C)(C)C(C)(C)C. The third-order valence-electron chi connectivity index (χ3n) is 3.17. The Bertz CT molecular complexity index is 217. The van der Waals surface area contributed by atoms with Crippen LogP contribution >= 0.6 is 0 Å². The summed E-state index contributed by atoms with van der Waals surface area (Å²) in [6.45, 7) is 15.9. The molecule has 0 aliphatic rings. The van der Waals surface area contributed by atoms with Crippen LogP contribution in [0, 0.1) is 0 Å². The second kappa shape index (κ2) is 5.01. The lowest BCUT2D eigenvalue weighted by atomic mass is 10.2. The molecular weight excluding hydrogens is 206 g/mol. The Morgan fingerprint density at radius 3 is 1.87 bits per heavy atom. The summed E-state index contributed by atoms with van der Waals surface area (Å²) in [6, 6.07) is 0. The molecule has 0 unspecified atom stereocenters. The molecule has 0 saturated carbocycles. The molecular formula is C11H25NO2Si. The van der Waals surface area contributed by atoms with Gasteiger partial charge in [-0.3, -0.25) is 0 Å². The molecule has 15 heavy (non-hydrogen) atoms. The molecule has 0 aromatic rings. The molecule has 4 heteroatoms. The lowest BCUT2D eigenvalue weighted by molar-refractivity contribution is 0.152. The van der Waals surface area contributed by atoms with Crippen LogP contribution in [0.5, 0.6) is 0 Å². The van der Waals surface area contributed by atoms with Crippen molar-refractivity contribution < 1.29 is 9.22 Å². The maximum absolute atomic E-state index is 11.8. The first kappa shape index (κ1) is 14.5. The van der Waals surface area contributed by atoms with Crippen molar-refractivity contribution in [1.82, 2.24) is 4.90 Å². The van der Waals surface area contributed by atoms with Gasteiger partial charge in [0.15, 0.2) is 0 Å². The largest absolute Gasteiger partial charge is 0.503 e. The highest BCUT2D eigenvalue weighted by Gasteiger charge is 2.41. The van der Waals surface area contributed by atoms with Gasteiger partial charge in [-0.1, -0.05) is 20.8 Å². The second-order valence-corrected chi connectivity index (χ2v) is 10.0. The van der Waals surface area contributed by atoms with Crippen LogP contribution in [0.4, 0.5) is 4.79 Å². The molecule has 90 valence electrons. The molecule has 0 N–H and O–H groups in total. The summed E-state index contributed by atoms with van der Waals surface area (Å²) in [4.78, 5) is 13.5. The maximum Gasteiger partial charge on any atom is 0.396 e. The zero-order valence-electron chi connectivity index (χ0n) is 11.2. The van der Waals surface area contributed by atoms with Crippen LogP contribution in [0.3, 0.4) is 0 Å². The lowest BCUT2D eigenvalue weighted by Crippen LogP contribution is -2.46. The van der Waals surface area contributed by atoms with Gasteiger partial charge in [-0.05, 0) is 32.0 Å². The fourth-order valence-electron chi connectivity index (χ4n) is 0.918. The molecule has 0 heterocycles. The Labute approximate surface area is 94.9 Å². The van der Waals surface area contributed by atoms with E-state index in [1.807, 2.05) is 13.8 Å². The van der Waals surface area contributed by atoms with Gasteiger partial charge in [-0.25, -0.2) is 4.79 Å². The van der Waals surface area contributed by atoms with Crippen LogP contribution < -0.4 is 0 Å². The van der Waals surface area contributed by atoms with Crippen LogP contribution in [0.2, 0.25) is 18.1 Å². The summed E-state index contributed by atoms with van der Waals surface area (Å²) in [5.41, 5.74) is 0. The fraction of sp³-hybridized carbons (Fsp3) is 0.909. The molecule has 0 bridgehead atoms. The van der Waals surface area contributed by atoms with E-state index in [0.717, 1.165) is 0 Å². The minimum absolute atomic E-state index is 0.0792. The predicted octanol–water partition coefficient (Wildman–Crippen LogP) is 3.47. The van der Waals surface area contributed by atoms with E-state index in [9.17, 15) is 4.79 Å². The van der Waals surface area contributed by atoms with Crippen molar-refractivity contribution in [2.45, 2.75) is 52.8 Å². The van der Waals surface area contributed by atoms with Gasteiger partial charge in [0.05, 0.1) is 0 Å². The van der Waals surface area contributed by atoms with E-state index in [-0.39, 0.29) is 11.1 Å². The Kier molecular flexibility index (Phi) is 4.84. The van der Waals surface area contributed by atoms with Gasteiger partial charge >= 0.3 is 6.09 Å². The lowest BCUT2D eigenvalue weighted by Gasteiger charge is -2.36. The molecule has 3 nitrogen and oxygen atoms in total. The first-order valence-electron chi connectivity index (χ1n) is 5.63. The zero-order chi connectivity index (χ0) is 12.3. The van der Waals surface area contributed by atoms with Gasteiger partial charge in [0.25, 0.3) is 8.32 Å². The van der Waals surface area contributed by atoms with Gasteiger partial charge in [-0.2, -0.15) is 0 Å². The van der Waals surface area contributed by atoms with Crippen LogP contribution in [-0.2, 0) is 4.43 Å². The fourth-order valence-corrected chi connectivity index (χ4v) is 1.79. The molecule has 0 rings (SSSR count). The highest BCUT2D eigenvalue weighted by atomic mass is 28.4. The smallest absolute Gasteiger partial charge is 0.396 e. The summed E-state index contributed by atoms with van der Waals surface area (Å²) in [6.07, 6.45) is -0.161. The van der Waals surface area contributed by atoms with Gasteiger partial charge in [0.2, 0.25) is 0 Å². The Morgan fingerprint density at radius 1 is 1.20 bits per heavy atom. The molecule has 0 spiro atoms. The summed E-state index contributed by atoms with van der Waals surface area (Å²) in [5.74, 6) is 0. The van der Waals surface area contributed by atoms with Crippen molar-refractivity contribution in [3.63, 3.8) is 0 Å². The summed E-state index contributed by atoms with van der Waals surface area (Å²) < 4.78 is 5.67. The van der Waals surface area contributed by atoms with E-state index in [4.69, 9.17) is 4.43 Å². The molecule has 0 aliphatic carbocycles. The maximum atomic E-state index is 11.8. The van der Waals surface area contributed by atoms with Crippen molar-refractivity contribution >= 4 is 14.4 Å². The van der Waals surface area contributed by atoms with Crippen molar-refractivity contribution in [2.24, 2.45) is 0 Å². The normalized spacial score (nSPS) is 12.5. The van der Waals surface area contributed by atoms with Crippen molar-refractivity contribution in [3.05, 3.63) is 0 Å². The van der Waals surface area contributed by atoms with Crippen LogP contribution in [0.1, 0.15) is 34.6 Å². The van der Waals surface area contributed by atoms with Gasteiger partial charge < -0.3 is 9.33 Å². The number of hydrogen-bond donors (Lipinski definition) is 0. The predicted molar refractivity (Wildman–Crippen MR) is 66.6 cm³/mol. The minimum Gasteiger partial charge on any atom is -0.503 e. The molecule has 0 aliphatic heterocycles. The third kappa shape index (κ3) is 3.85. The van der Waals surface area contributed by atoms with Gasteiger partial charge in [0.1, 0.15) is 0 Å². The summed E-state index contributed by atoms with van der Waals surface area (Å²) >= 11 is 0. The standard InChI is InChI=1S/C11H25NO2Si/c1-8-12(9-2)10(13)14-15(6,7)11(3,4)5/h8-9H2,1-7H3. The Morgan fingerprint density at radius 2 is 1.60 bits per heavy atom. The molecule has 0 radical (unpaired) electrons. The summed E-state index contributed by atoms with van der Waals surface area (Å²) in [7, 11) is -1.95. The number of rotatable bonds is 3. The third-order valence-corrected chi connectivity index (χ3v) is 7.47. The molecule has 0 saturated heterocycles.